The molecule has 1 aliphatic rings. The molecule has 2 aromatic rings. The van der Waals surface area contributed by atoms with E-state index in [0.29, 0.717) is 5.69 Å². The molecule has 0 fully saturated rings. The van der Waals surface area contributed by atoms with E-state index in [4.69, 9.17) is 14.4 Å². The maximum atomic E-state index is 10.8. The first-order valence-electron chi connectivity index (χ1n) is 6.13. The average Bonchev–Trinajstić information content (AvgIpc) is 2.88. The molecule has 1 aliphatic heterocycles. The van der Waals surface area contributed by atoms with Gasteiger partial charge in [-0.1, -0.05) is 5.16 Å². The quantitative estimate of drug-likeness (QED) is 0.897. The zero-order chi connectivity index (χ0) is 13.4. The molecule has 1 atom stereocenters. The number of benzene rings is 1. The highest BCUT2D eigenvalue weighted by atomic mass is 16.5. The highest BCUT2D eigenvalue weighted by Gasteiger charge is 2.18. The number of aromatic nitrogens is 1. The molecule has 0 aliphatic carbocycles. The summed E-state index contributed by atoms with van der Waals surface area (Å²) in [6.07, 6.45) is 2.17. The van der Waals surface area contributed by atoms with Crippen molar-refractivity contribution < 1.29 is 19.2 Å². The van der Waals surface area contributed by atoms with Gasteiger partial charge in [-0.25, -0.2) is 4.79 Å². The van der Waals surface area contributed by atoms with Gasteiger partial charge in [0.2, 0.25) is 5.76 Å². The van der Waals surface area contributed by atoms with Crippen LogP contribution in [0.3, 0.4) is 0 Å². The molecule has 19 heavy (non-hydrogen) atoms. The minimum absolute atomic E-state index is 0.155. The van der Waals surface area contributed by atoms with Gasteiger partial charge in [0, 0.05) is 11.6 Å². The van der Waals surface area contributed by atoms with Gasteiger partial charge in [0.05, 0.1) is 6.10 Å². The summed E-state index contributed by atoms with van der Waals surface area (Å²) in [6.45, 7) is 2.05. The third kappa shape index (κ3) is 2.19. The van der Waals surface area contributed by atoms with E-state index < -0.39 is 5.97 Å². The molecular weight excluding hydrogens is 246 g/mol. The Hall–Kier alpha value is -2.30. The summed E-state index contributed by atoms with van der Waals surface area (Å²) in [5.41, 5.74) is 2.49. The fraction of sp³-hybridized carbons (Fsp3) is 0.286. The lowest BCUT2D eigenvalue weighted by molar-refractivity contribution is 0.0652. The Morgan fingerprint density at radius 1 is 1.42 bits per heavy atom. The van der Waals surface area contributed by atoms with E-state index in [2.05, 4.69) is 5.16 Å². The molecule has 1 N–H and O–H groups in total. The minimum atomic E-state index is -1.12. The normalized spacial score (nSPS) is 17.6. The summed E-state index contributed by atoms with van der Waals surface area (Å²) in [5.74, 6) is -0.379. The van der Waals surface area contributed by atoms with Gasteiger partial charge >= 0.3 is 5.97 Å². The molecule has 0 spiro atoms. The van der Waals surface area contributed by atoms with Crippen molar-refractivity contribution in [3.8, 4) is 17.0 Å². The number of carboxylic acid groups (broad SMARTS) is 1. The van der Waals surface area contributed by atoms with Crippen LogP contribution < -0.4 is 4.74 Å². The fourth-order valence-corrected chi connectivity index (χ4v) is 2.20. The monoisotopic (exact) mass is 259 g/mol. The first kappa shape index (κ1) is 11.8. The van der Waals surface area contributed by atoms with Gasteiger partial charge in [-0.2, -0.15) is 0 Å². The van der Waals surface area contributed by atoms with Crippen molar-refractivity contribution >= 4 is 5.97 Å². The lowest BCUT2D eigenvalue weighted by Crippen LogP contribution is -2.18. The lowest BCUT2D eigenvalue weighted by atomic mass is 9.99. The van der Waals surface area contributed by atoms with Crippen molar-refractivity contribution in [2.75, 3.05) is 0 Å². The third-order valence-electron chi connectivity index (χ3n) is 3.23. The first-order valence-corrected chi connectivity index (χ1v) is 6.13. The molecule has 0 saturated heterocycles. The summed E-state index contributed by atoms with van der Waals surface area (Å²) in [4.78, 5) is 10.8. The maximum Gasteiger partial charge on any atom is 0.374 e. The van der Waals surface area contributed by atoms with Crippen LogP contribution in [0.4, 0.5) is 0 Å². The number of fused-ring (bicyclic) bond motifs is 1. The van der Waals surface area contributed by atoms with Crippen LogP contribution in [0.25, 0.3) is 11.3 Å². The molecule has 1 aromatic heterocycles. The molecule has 98 valence electrons. The summed E-state index contributed by atoms with van der Waals surface area (Å²) in [7, 11) is 0. The topological polar surface area (TPSA) is 72.6 Å². The largest absolute Gasteiger partial charge is 0.490 e. The molecular formula is C14H13NO4. The van der Waals surface area contributed by atoms with Crippen LogP contribution in [0.1, 0.15) is 29.5 Å². The molecule has 0 bridgehead atoms. The van der Waals surface area contributed by atoms with Crippen LogP contribution in [-0.4, -0.2) is 22.3 Å². The Kier molecular flexibility index (Phi) is 2.74. The van der Waals surface area contributed by atoms with Gasteiger partial charge in [-0.15, -0.1) is 0 Å². The zero-order valence-corrected chi connectivity index (χ0v) is 10.4. The second-order valence-corrected chi connectivity index (χ2v) is 4.67. The number of hydrogen-bond donors (Lipinski definition) is 1. The van der Waals surface area contributed by atoms with Crippen molar-refractivity contribution in [1.29, 1.82) is 0 Å². The molecule has 0 amide bonds. The van der Waals surface area contributed by atoms with E-state index >= 15 is 0 Å². The SMILES string of the molecule is CC1CCc2cc(-c3cc(C(=O)O)on3)ccc2O1. The van der Waals surface area contributed by atoms with Gasteiger partial charge in [-0.3, -0.25) is 0 Å². The summed E-state index contributed by atoms with van der Waals surface area (Å²) in [5, 5.41) is 12.6. The van der Waals surface area contributed by atoms with E-state index in [-0.39, 0.29) is 11.9 Å². The standard InChI is InChI=1S/C14H13NO4/c1-8-2-3-10-6-9(4-5-12(10)18-8)11-7-13(14(16)17)19-15-11/h4-8H,2-3H2,1H3,(H,16,17). The molecule has 1 aromatic carbocycles. The van der Waals surface area contributed by atoms with Gasteiger partial charge < -0.3 is 14.4 Å². The van der Waals surface area contributed by atoms with Gasteiger partial charge in [0.25, 0.3) is 0 Å². The molecule has 1 unspecified atom stereocenters. The van der Waals surface area contributed by atoms with Gasteiger partial charge in [0.15, 0.2) is 0 Å². The number of ether oxygens (including phenoxy) is 1. The summed E-state index contributed by atoms with van der Waals surface area (Å²) < 4.78 is 10.5. The zero-order valence-electron chi connectivity index (χ0n) is 10.4. The highest BCUT2D eigenvalue weighted by molar-refractivity contribution is 5.85. The Morgan fingerprint density at radius 3 is 3.00 bits per heavy atom. The number of aryl methyl sites for hydroxylation is 1. The predicted molar refractivity (Wildman–Crippen MR) is 67.3 cm³/mol. The van der Waals surface area contributed by atoms with E-state index in [1.54, 1.807) is 0 Å². The van der Waals surface area contributed by atoms with Crippen molar-refractivity contribution in [3.63, 3.8) is 0 Å². The van der Waals surface area contributed by atoms with E-state index in [0.717, 1.165) is 29.7 Å². The molecule has 0 radical (unpaired) electrons. The third-order valence-corrected chi connectivity index (χ3v) is 3.23. The first-order chi connectivity index (χ1) is 9.13. The van der Waals surface area contributed by atoms with E-state index in [1.165, 1.54) is 6.07 Å². The molecule has 0 saturated carbocycles. The predicted octanol–water partition coefficient (Wildman–Crippen LogP) is 2.75. The Labute approximate surface area is 109 Å². The van der Waals surface area contributed by atoms with Crippen LogP contribution >= 0.6 is 0 Å². The Morgan fingerprint density at radius 2 is 2.26 bits per heavy atom. The Bertz CT molecular complexity index is 632. The molecule has 2 heterocycles. The number of carbonyl (C=O) groups is 1. The molecule has 5 heteroatoms. The van der Waals surface area contributed by atoms with E-state index in [1.807, 2.05) is 25.1 Å². The van der Waals surface area contributed by atoms with Crippen LogP contribution in [0, 0.1) is 0 Å². The number of hydrogen-bond acceptors (Lipinski definition) is 4. The Balaban J connectivity index is 1.95. The highest BCUT2D eigenvalue weighted by Crippen LogP contribution is 2.31. The van der Waals surface area contributed by atoms with Crippen LogP contribution in [0.2, 0.25) is 0 Å². The van der Waals surface area contributed by atoms with Crippen molar-refractivity contribution in [1.82, 2.24) is 5.16 Å². The van der Waals surface area contributed by atoms with Crippen molar-refractivity contribution in [2.24, 2.45) is 0 Å². The summed E-state index contributed by atoms with van der Waals surface area (Å²) in [6, 6.07) is 7.16. The minimum Gasteiger partial charge on any atom is -0.490 e. The van der Waals surface area contributed by atoms with Crippen LogP contribution in [-0.2, 0) is 6.42 Å². The fourth-order valence-electron chi connectivity index (χ4n) is 2.20. The van der Waals surface area contributed by atoms with Crippen LogP contribution in [0.15, 0.2) is 28.8 Å². The van der Waals surface area contributed by atoms with E-state index in [9.17, 15) is 4.79 Å². The van der Waals surface area contributed by atoms with Crippen molar-refractivity contribution in [2.45, 2.75) is 25.9 Å². The summed E-state index contributed by atoms with van der Waals surface area (Å²) >= 11 is 0. The van der Waals surface area contributed by atoms with Crippen LogP contribution in [0.5, 0.6) is 5.75 Å². The smallest absolute Gasteiger partial charge is 0.374 e. The average molecular weight is 259 g/mol. The van der Waals surface area contributed by atoms with Gasteiger partial charge in [-0.05, 0) is 43.5 Å². The lowest BCUT2D eigenvalue weighted by Gasteiger charge is -2.23. The number of aromatic carboxylic acids is 1. The maximum absolute atomic E-state index is 10.8. The van der Waals surface area contributed by atoms with Crippen molar-refractivity contribution in [3.05, 3.63) is 35.6 Å². The second-order valence-electron chi connectivity index (χ2n) is 4.67. The molecule has 3 rings (SSSR count). The molecule has 5 nitrogen and oxygen atoms in total. The number of rotatable bonds is 2. The van der Waals surface area contributed by atoms with Gasteiger partial charge in [0.1, 0.15) is 11.4 Å². The number of carboxylic acids is 1. The second kappa shape index (κ2) is 4.42. The number of nitrogens with zero attached hydrogens (tertiary/aromatic N) is 1.